The zero-order valence-electron chi connectivity index (χ0n) is 22.3. The van der Waals surface area contributed by atoms with Crippen molar-refractivity contribution in [3.05, 3.63) is 12.8 Å². The molecule has 0 bridgehead atoms. The Labute approximate surface area is 191 Å². The third-order valence-electron chi connectivity index (χ3n) is 6.69. The second kappa shape index (κ2) is 11.0. The largest absolute Gasteiger partial charge is 0.450 e. The number of carbonyl (C=O) groups excluding carboxylic acids is 2. The van der Waals surface area contributed by atoms with Gasteiger partial charge in [-0.2, -0.15) is 0 Å². The maximum absolute atomic E-state index is 12.7. The lowest BCUT2D eigenvalue weighted by atomic mass is 9.57. The van der Waals surface area contributed by atoms with E-state index in [1.54, 1.807) is 13.8 Å². The number of ether oxygens (including phenoxy) is 2. The Morgan fingerprint density at radius 2 is 1.39 bits per heavy atom. The molecule has 2 unspecified atom stereocenters. The van der Waals surface area contributed by atoms with Crippen molar-refractivity contribution in [2.45, 2.75) is 120 Å². The molecule has 0 aliphatic rings. The molecule has 0 radical (unpaired) electrons. The van der Waals surface area contributed by atoms with Gasteiger partial charge in [-0.25, -0.2) is 4.79 Å². The Balaban J connectivity index is 5.78. The van der Waals surface area contributed by atoms with Crippen LogP contribution >= 0.6 is 0 Å². The van der Waals surface area contributed by atoms with E-state index >= 15 is 0 Å². The van der Waals surface area contributed by atoms with E-state index in [2.05, 4.69) is 67.3 Å². The Hall–Kier alpha value is -1.36. The summed E-state index contributed by atoms with van der Waals surface area (Å²) < 4.78 is 10.7. The van der Waals surface area contributed by atoms with Gasteiger partial charge in [0.25, 0.3) is 0 Å². The Morgan fingerprint density at radius 1 is 0.903 bits per heavy atom. The van der Waals surface area contributed by atoms with Crippen LogP contribution in [-0.4, -0.2) is 29.6 Å². The van der Waals surface area contributed by atoms with Crippen molar-refractivity contribution in [1.82, 2.24) is 5.32 Å². The first-order valence-corrected chi connectivity index (χ1v) is 11.6. The van der Waals surface area contributed by atoms with Crippen LogP contribution in [0.3, 0.4) is 0 Å². The molecule has 5 heteroatoms. The lowest BCUT2D eigenvalue weighted by Crippen LogP contribution is -2.51. The van der Waals surface area contributed by atoms with Crippen LogP contribution < -0.4 is 5.32 Å². The van der Waals surface area contributed by atoms with Gasteiger partial charge in [-0.15, -0.1) is 0 Å². The summed E-state index contributed by atoms with van der Waals surface area (Å²) >= 11 is 0. The zero-order chi connectivity index (χ0) is 24.8. The molecule has 0 aromatic heterocycles. The standard InChI is InChI=1S/C26H49NO4/c1-14-19(5)27-26(12,13)17-25(10,11)24(8,9)16-23(6,7)20(22(29)30-15-2)31-21(28)18(3)4/h15,18-20,27H,2,14,16-17H2,1,3-13H3. The van der Waals surface area contributed by atoms with E-state index in [4.69, 9.17) is 9.47 Å². The first-order valence-electron chi connectivity index (χ1n) is 11.6. The molecule has 0 spiro atoms. The summed E-state index contributed by atoms with van der Waals surface area (Å²) in [6.07, 6.45) is 2.80. The second-order valence-corrected chi connectivity index (χ2v) is 12.0. The van der Waals surface area contributed by atoms with Gasteiger partial charge in [0.05, 0.1) is 12.2 Å². The SMILES string of the molecule is C=COC(=O)C(OC(=O)C(C)C)C(C)(C)CC(C)(C)C(C)(C)CC(C)(C)NC(C)CC. The lowest BCUT2D eigenvalue weighted by molar-refractivity contribution is -0.177. The smallest absolute Gasteiger partial charge is 0.352 e. The average Bonchev–Trinajstić information content (AvgIpc) is 2.56. The minimum absolute atomic E-state index is 0.0361. The maximum Gasteiger partial charge on any atom is 0.352 e. The fourth-order valence-electron chi connectivity index (χ4n) is 4.56. The van der Waals surface area contributed by atoms with Gasteiger partial charge in [-0.3, -0.25) is 4.79 Å². The van der Waals surface area contributed by atoms with E-state index in [0.717, 1.165) is 19.1 Å². The third kappa shape index (κ3) is 8.96. The van der Waals surface area contributed by atoms with Crippen LogP contribution in [0, 0.1) is 22.2 Å². The molecule has 0 saturated heterocycles. The van der Waals surface area contributed by atoms with Gasteiger partial charge in [0.15, 0.2) is 0 Å². The summed E-state index contributed by atoms with van der Waals surface area (Å²) in [7, 11) is 0. The van der Waals surface area contributed by atoms with Crippen LogP contribution in [0.2, 0.25) is 0 Å². The number of hydrogen-bond donors (Lipinski definition) is 1. The van der Waals surface area contributed by atoms with Crippen molar-refractivity contribution in [2.24, 2.45) is 22.2 Å². The lowest BCUT2D eigenvalue weighted by Gasteiger charge is -2.50. The average molecular weight is 440 g/mol. The molecular weight excluding hydrogens is 390 g/mol. The summed E-state index contributed by atoms with van der Waals surface area (Å²) in [5.41, 5.74) is -0.865. The molecule has 0 heterocycles. The number of carbonyl (C=O) groups is 2. The van der Waals surface area contributed by atoms with Crippen molar-refractivity contribution in [3.8, 4) is 0 Å². The minimum Gasteiger partial charge on any atom is -0.450 e. The minimum atomic E-state index is -0.998. The van der Waals surface area contributed by atoms with E-state index < -0.39 is 23.5 Å². The van der Waals surface area contributed by atoms with Gasteiger partial charge in [-0.05, 0) is 50.9 Å². The summed E-state index contributed by atoms with van der Waals surface area (Å²) in [4.78, 5) is 25.0. The molecular formula is C26H49NO4. The summed E-state index contributed by atoms with van der Waals surface area (Å²) in [6.45, 7) is 28.8. The zero-order valence-corrected chi connectivity index (χ0v) is 22.3. The van der Waals surface area contributed by atoms with Crippen molar-refractivity contribution in [3.63, 3.8) is 0 Å². The Morgan fingerprint density at radius 3 is 1.81 bits per heavy atom. The van der Waals surface area contributed by atoms with E-state index in [1.165, 1.54) is 0 Å². The van der Waals surface area contributed by atoms with Gasteiger partial charge in [0.1, 0.15) is 0 Å². The van der Waals surface area contributed by atoms with Crippen LogP contribution in [0.1, 0.15) is 102 Å². The van der Waals surface area contributed by atoms with Gasteiger partial charge in [0.2, 0.25) is 6.10 Å². The monoisotopic (exact) mass is 439 g/mol. The number of rotatable bonds is 13. The van der Waals surface area contributed by atoms with E-state index in [0.29, 0.717) is 12.5 Å². The fraction of sp³-hybridized carbons (Fsp3) is 0.846. The first kappa shape index (κ1) is 29.6. The first-order chi connectivity index (χ1) is 13.8. The summed E-state index contributed by atoms with van der Waals surface area (Å²) in [5, 5.41) is 3.74. The van der Waals surface area contributed by atoms with Gasteiger partial charge in [0, 0.05) is 17.0 Å². The Kier molecular flexibility index (Phi) is 10.5. The highest BCUT2D eigenvalue weighted by Gasteiger charge is 2.48. The maximum atomic E-state index is 12.7. The van der Waals surface area contributed by atoms with Crippen molar-refractivity contribution < 1.29 is 19.1 Å². The molecule has 182 valence electrons. The van der Waals surface area contributed by atoms with Crippen LogP contribution in [0.4, 0.5) is 0 Å². The summed E-state index contributed by atoms with van der Waals surface area (Å²) in [5.74, 6) is -1.32. The molecule has 5 nitrogen and oxygen atoms in total. The fourth-order valence-corrected chi connectivity index (χ4v) is 4.56. The normalized spacial score (nSPS) is 15.4. The molecule has 0 amide bonds. The van der Waals surface area contributed by atoms with Gasteiger partial charge < -0.3 is 14.8 Å². The highest BCUT2D eigenvalue weighted by molar-refractivity contribution is 5.81. The molecule has 0 aromatic rings. The number of esters is 2. The number of hydrogen-bond acceptors (Lipinski definition) is 5. The van der Waals surface area contributed by atoms with Crippen molar-refractivity contribution in [1.29, 1.82) is 0 Å². The molecule has 0 saturated carbocycles. The van der Waals surface area contributed by atoms with Crippen LogP contribution in [0.25, 0.3) is 0 Å². The van der Waals surface area contributed by atoms with E-state index in [-0.39, 0.29) is 22.3 Å². The van der Waals surface area contributed by atoms with E-state index in [9.17, 15) is 9.59 Å². The molecule has 0 aliphatic heterocycles. The van der Waals surface area contributed by atoms with Crippen LogP contribution in [-0.2, 0) is 19.1 Å². The number of nitrogens with one attached hydrogen (secondary N) is 1. The predicted octanol–water partition coefficient (Wildman–Crippen LogP) is 6.27. The molecule has 0 rings (SSSR count). The molecule has 1 N–H and O–H groups in total. The third-order valence-corrected chi connectivity index (χ3v) is 6.69. The second-order valence-electron chi connectivity index (χ2n) is 12.0. The van der Waals surface area contributed by atoms with Crippen molar-refractivity contribution >= 4 is 11.9 Å². The Bertz CT molecular complexity index is 617. The van der Waals surface area contributed by atoms with Crippen LogP contribution in [0.15, 0.2) is 12.8 Å². The highest BCUT2D eigenvalue weighted by atomic mass is 16.6. The quantitative estimate of drug-likeness (QED) is 0.271. The predicted molar refractivity (Wildman–Crippen MR) is 129 cm³/mol. The van der Waals surface area contributed by atoms with Crippen LogP contribution in [0.5, 0.6) is 0 Å². The molecule has 31 heavy (non-hydrogen) atoms. The summed E-state index contributed by atoms with van der Waals surface area (Å²) in [6, 6.07) is 0.443. The molecule has 0 aromatic carbocycles. The van der Waals surface area contributed by atoms with Gasteiger partial charge >= 0.3 is 11.9 Å². The molecule has 2 atom stereocenters. The van der Waals surface area contributed by atoms with Gasteiger partial charge in [-0.1, -0.05) is 68.9 Å². The van der Waals surface area contributed by atoms with Crippen molar-refractivity contribution in [2.75, 3.05) is 0 Å². The highest BCUT2D eigenvalue weighted by Crippen LogP contribution is 2.51. The topological polar surface area (TPSA) is 64.6 Å². The molecule has 0 fully saturated rings. The van der Waals surface area contributed by atoms with E-state index in [1.807, 2.05) is 13.8 Å². The molecule has 0 aliphatic carbocycles.